The molecule has 27 heavy (non-hydrogen) atoms. The highest BCUT2D eigenvalue weighted by atomic mass is 19.1. The second kappa shape index (κ2) is 7.23. The van der Waals surface area contributed by atoms with Crippen molar-refractivity contribution in [2.45, 2.75) is 18.9 Å². The van der Waals surface area contributed by atoms with Gasteiger partial charge in [0.25, 0.3) is 5.91 Å². The molecule has 1 fully saturated rings. The summed E-state index contributed by atoms with van der Waals surface area (Å²) in [5, 5.41) is 3.97. The number of carbonyl (C=O) groups excluding carboxylic acids is 1. The fourth-order valence-corrected chi connectivity index (χ4v) is 3.54. The molecule has 4 rings (SSSR count). The lowest BCUT2D eigenvalue weighted by atomic mass is 10.0. The molecule has 1 atom stereocenters. The molecule has 1 saturated heterocycles. The number of hydrogen-bond donors (Lipinski definition) is 0. The first-order chi connectivity index (χ1) is 13.2. The van der Waals surface area contributed by atoms with E-state index in [4.69, 9.17) is 9.26 Å². The standard InChI is InChI=1S/C21H19FN2O3/c1-26-19-7-3-2-5-16(19)20-13-17(23-27-20)21(25)24-12-4-6-18(24)14-8-10-15(22)11-9-14/h2-3,5,7-11,13,18H,4,6,12H2,1H3. The van der Waals surface area contributed by atoms with E-state index in [0.29, 0.717) is 18.1 Å². The van der Waals surface area contributed by atoms with Gasteiger partial charge in [-0.1, -0.05) is 29.4 Å². The molecule has 3 aromatic rings. The zero-order valence-electron chi connectivity index (χ0n) is 14.9. The highest BCUT2D eigenvalue weighted by Crippen LogP contribution is 2.34. The summed E-state index contributed by atoms with van der Waals surface area (Å²) in [5.41, 5.74) is 1.92. The quantitative estimate of drug-likeness (QED) is 0.684. The van der Waals surface area contributed by atoms with Crippen LogP contribution in [0.2, 0.25) is 0 Å². The lowest BCUT2D eigenvalue weighted by molar-refractivity contribution is 0.0725. The van der Waals surface area contributed by atoms with Crippen molar-refractivity contribution in [2.24, 2.45) is 0 Å². The molecule has 2 heterocycles. The predicted octanol–water partition coefficient (Wildman–Crippen LogP) is 4.47. The Labute approximate surface area is 156 Å². The zero-order chi connectivity index (χ0) is 18.8. The highest BCUT2D eigenvalue weighted by Gasteiger charge is 2.32. The Morgan fingerprint density at radius 1 is 1.22 bits per heavy atom. The maximum absolute atomic E-state index is 13.2. The van der Waals surface area contributed by atoms with Crippen LogP contribution >= 0.6 is 0 Å². The van der Waals surface area contributed by atoms with Gasteiger partial charge in [0, 0.05) is 12.6 Å². The summed E-state index contributed by atoms with van der Waals surface area (Å²) in [5.74, 6) is 0.658. The zero-order valence-corrected chi connectivity index (χ0v) is 14.9. The van der Waals surface area contributed by atoms with Crippen molar-refractivity contribution < 1.29 is 18.4 Å². The SMILES string of the molecule is COc1ccccc1-c1cc(C(=O)N2CCCC2c2ccc(F)cc2)no1. The number of para-hydroxylation sites is 1. The number of carbonyl (C=O) groups is 1. The van der Waals surface area contributed by atoms with Crippen LogP contribution in [-0.2, 0) is 0 Å². The van der Waals surface area contributed by atoms with Crippen LogP contribution in [0.1, 0.15) is 34.9 Å². The van der Waals surface area contributed by atoms with Crippen LogP contribution in [0.5, 0.6) is 5.75 Å². The number of aromatic nitrogens is 1. The van der Waals surface area contributed by atoms with Gasteiger partial charge in [0.05, 0.1) is 18.7 Å². The molecule has 0 radical (unpaired) electrons. The van der Waals surface area contributed by atoms with E-state index in [0.717, 1.165) is 24.0 Å². The van der Waals surface area contributed by atoms with E-state index in [-0.39, 0.29) is 23.5 Å². The third-order valence-corrected chi connectivity index (χ3v) is 4.87. The molecule has 6 heteroatoms. The van der Waals surface area contributed by atoms with Crippen LogP contribution in [0.15, 0.2) is 59.1 Å². The molecule has 1 aliphatic rings. The highest BCUT2D eigenvalue weighted by molar-refractivity contribution is 5.93. The van der Waals surface area contributed by atoms with Crippen molar-refractivity contribution in [1.29, 1.82) is 0 Å². The average Bonchev–Trinajstić information content (AvgIpc) is 3.38. The Balaban J connectivity index is 1.59. The monoisotopic (exact) mass is 366 g/mol. The summed E-state index contributed by atoms with van der Waals surface area (Å²) in [6, 6.07) is 15.3. The Hall–Kier alpha value is -3.15. The fourth-order valence-electron chi connectivity index (χ4n) is 3.54. The minimum Gasteiger partial charge on any atom is -0.496 e. The Morgan fingerprint density at radius 2 is 2.00 bits per heavy atom. The van der Waals surface area contributed by atoms with Crippen LogP contribution in [0.4, 0.5) is 4.39 Å². The minimum absolute atomic E-state index is 0.0792. The van der Waals surface area contributed by atoms with Gasteiger partial charge < -0.3 is 14.2 Å². The van der Waals surface area contributed by atoms with E-state index in [1.807, 2.05) is 24.3 Å². The Morgan fingerprint density at radius 3 is 2.78 bits per heavy atom. The summed E-state index contributed by atoms with van der Waals surface area (Å²) < 4.78 is 24.0. The van der Waals surface area contributed by atoms with E-state index >= 15 is 0 Å². The fraction of sp³-hybridized carbons (Fsp3) is 0.238. The Bertz CT molecular complexity index is 952. The van der Waals surface area contributed by atoms with Crippen LogP contribution in [0, 0.1) is 5.82 Å². The molecule has 0 N–H and O–H groups in total. The lowest BCUT2D eigenvalue weighted by Gasteiger charge is -2.24. The molecular formula is C21H19FN2O3. The largest absolute Gasteiger partial charge is 0.496 e. The number of amides is 1. The van der Waals surface area contributed by atoms with Crippen LogP contribution < -0.4 is 4.74 Å². The van der Waals surface area contributed by atoms with Crippen LogP contribution in [0.25, 0.3) is 11.3 Å². The molecule has 5 nitrogen and oxygen atoms in total. The van der Waals surface area contributed by atoms with Crippen LogP contribution in [0.3, 0.4) is 0 Å². The first kappa shape index (κ1) is 17.3. The van der Waals surface area contributed by atoms with Crippen molar-refractivity contribution in [3.63, 3.8) is 0 Å². The predicted molar refractivity (Wildman–Crippen MR) is 97.9 cm³/mol. The molecule has 0 aliphatic carbocycles. The number of ether oxygens (including phenoxy) is 1. The Kier molecular flexibility index (Phi) is 4.62. The molecule has 0 saturated carbocycles. The van der Waals surface area contributed by atoms with Gasteiger partial charge >= 0.3 is 0 Å². The summed E-state index contributed by atoms with van der Waals surface area (Å²) in [7, 11) is 1.58. The lowest BCUT2D eigenvalue weighted by Crippen LogP contribution is -2.30. The normalized spacial score (nSPS) is 16.5. The van der Waals surface area contributed by atoms with Gasteiger partial charge in [0.1, 0.15) is 11.6 Å². The molecule has 0 spiro atoms. The summed E-state index contributed by atoms with van der Waals surface area (Å²) >= 11 is 0. The van der Waals surface area contributed by atoms with Gasteiger partial charge in [-0.3, -0.25) is 4.79 Å². The summed E-state index contributed by atoms with van der Waals surface area (Å²) in [4.78, 5) is 14.8. The maximum Gasteiger partial charge on any atom is 0.276 e. The second-order valence-corrected chi connectivity index (χ2v) is 6.48. The third kappa shape index (κ3) is 3.30. The molecule has 1 aliphatic heterocycles. The number of nitrogens with zero attached hydrogens (tertiary/aromatic N) is 2. The van der Waals surface area contributed by atoms with Crippen molar-refractivity contribution in [1.82, 2.24) is 10.1 Å². The second-order valence-electron chi connectivity index (χ2n) is 6.48. The first-order valence-corrected chi connectivity index (χ1v) is 8.84. The third-order valence-electron chi connectivity index (χ3n) is 4.87. The molecule has 0 bridgehead atoms. The number of hydrogen-bond acceptors (Lipinski definition) is 4. The van der Waals surface area contributed by atoms with Gasteiger partial charge in [-0.2, -0.15) is 0 Å². The minimum atomic E-state index is -0.285. The van der Waals surface area contributed by atoms with Crippen molar-refractivity contribution in [2.75, 3.05) is 13.7 Å². The topological polar surface area (TPSA) is 55.6 Å². The van der Waals surface area contributed by atoms with Gasteiger partial charge in [-0.05, 0) is 42.7 Å². The molecular weight excluding hydrogens is 347 g/mol. The van der Waals surface area contributed by atoms with Crippen LogP contribution in [-0.4, -0.2) is 29.6 Å². The van der Waals surface area contributed by atoms with E-state index in [1.165, 1.54) is 12.1 Å². The van der Waals surface area contributed by atoms with Gasteiger partial charge in [0.2, 0.25) is 0 Å². The van der Waals surface area contributed by atoms with Gasteiger partial charge in [-0.15, -0.1) is 0 Å². The molecule has 1 amide bonds. The van der Waals surface area contributed by atoms with Crippen molar-refractivity contribution in [3.05, 3.63) is 71.7 Å². The summed E-state index contributed by atoms with van der Waals surface area (Å²) in [6.45, 7) is 0.637. The number of benzene rings is 2. The maximum atomic E-state index is 13.2. The average molecular weight is 366 g/mol. The van der Waals surface area contributed by atoms with Gasteiger partial charge in [-0.25, -0.2) is 4.39 Å². The smallest absolute Gasteiger partial charge is 0.276 e. The van der Waals surface area contributed by atoms with E-state index in [1.54, 1.807) is 30.2 Å². The number of likely N-dealkylation sites (tertiary alicyclic amines) is 1. The number of halogens is 1. The molecule has 1 aromatic heterocycles. The van der Waals surface area contributed by atoms with Crippen molar-refractivity contribution >= 4 is 5.91 Å². The molecule has 2 aromatic carbocycles. The van der Waals surface area contributed by atoms with E-state index in [2.05, 4.69) is 5.16 Å². The first-order valence-electron chi connectivity index (χ1n) is 8.84. The van der Waals surface area contributed by atoms with Gasteiger partial charge in [0.15, 0.2) is 11.5 Å². The van der Waals surface area contributed by atoms with E-state index < -0.39 is 0 Å². The molecule has 138 valence electrons. The number of methoxy groups -OCH3 is 1. The summed E-state index contributed by atoms with van der Waals surface area (Å²) in [6.07, 6.45) is 1.74. The molecule has 1 unspecified atom stereocenters. The van der Waals surface area contributed by atoms with Crippen molar-refractivity contribution in [3.8, 4) is 17.1 Å². The van der Waals surface area contributed by atoms with E-state index in [9.17, 15) is 9.18 Å². The number of rotatable bonds is 4.